The maximum atomic E-state index is 13.1. The molecular weight excluding hydrogens is 315 g/mol. The lowest BCUT2D eigenvalue weighted by Gasteiger charge is -2.31. The van der Waals surface area contributed by atoms with Gasteiger partial charge in [-0.2, -0.15) is 0 Å². The van der Waals surface area contributed by atoms with Crippen LogP contribution in [0.15, 0.2) is 24.3 Å². The number of hydrogen-bond donors (Lipinski definition) is 1. The molecule has 0 aromatic heterocycles. The Labute approximate surface area is 139 Å². The number of benzene rings is 1. The molecule has 1 aromatic carbocycles. The highest BCUT2D eigenvalue weighted by Gasteiger charge is 2.27. The van der Waals surface area contributed by atoms with Gasteiger partial charge in [-0.05, 0) is 30.5 Å². The van der Waals surface area contributed by atoms with Gasteiger partial charge in [-0.15, -0.1) is 0 Å². The van der Waals surface area contributed by atoms with Crippen molar-refractivity contribution in [1.29, 1.82) is 0 Å². The topological polar surface area (TPSA) is 77.9 Å². The Morgan fingerprint density at radius 1 is 1.29 bits per heavy atom. The summed E-state index contributed by atoms with van der Waals surface area (Å²) in [4.78, 5) is 38.2. The number of carbonyl (C=O) groups excluding carboxylic acids is 2. The van der Waals surface area contributed by atoms with E-state index in [2.05, 4.69) is 0 Å². The third kappa shape index (κ3) is 4.78. The SMILES string of the molecule is CN(CC(=O)N1CCC(C(=O)O)CC1)C(=O)Cc1cccc(F)c1. The molecule has 1 fully saturated rings. The first-order valence-corrected chi connectivity index (χ1v) is 7.86. The minimum atomic E-state index is -0.829. The summed E-state index contributed by atoms with van der Waals surface area (Å²) >= 11 is 0. The zero-order valence-corrected chi connectivity index (χ0v) is 13.6. The van der Waals surface area contributed by atoms with Crippen molar-refractivity contribution in [3.63, 3.8) is 0 Å². The van der Waals surface area contributed by atoms with Gasteiger partial charge >= 0.3 is 5.97 Å². The molecule has 2 amide bonds. The van der Waals surface area contributed by atoms with Crippen molar-refractivity contribution < 1.29 is 23.9 Å². The second kappa shape index (κ2) is 7.90. The summed E-state index contributed by atoms with van der Waals surface area (Å²) in [5.74, 6) is -2.10. The second-order valence-electron chi connectivity index (χ2n) is 6.05. The van der Waals surface area contributed by atoms with Gasteiger partial charge in [-0.3, -0.25) is 14.4 Å². The van der Waals surface area contributed by atoms with Crippen LogP contribution in [0.5, 0.6) is 0 Å². The van der Waals surface area contributed by atoms with Crippen molar-refractivity contribution in [3.05, 3.63) is 35.6 Å². The van der Waals surface area contributed by atoms with E-state index in [-0.39, 0.29) is 24.8 Å². The molecule has 0 spiro atoms. The van der Waals surface area contributed by atoms with Crippen LogP contribution in [0.4, 0.5) is 4.39 Å². The summed E-state index contributed by atoms with van der Waals surface area (Å²) in [6.07, 6.45) is 0.896. The number of carbonyl (C=O) groups is 3. The Kier molecular flexibility index (Phi) is 5.89. The summed E-state index contributed by atoms with van der Waals surface area (Å²) in [6.45, 7) is 0.718. The molecule has 6 nitrogen and oxygen atoms in total. The average Bonchev–Trinajstić information content (AvgIpc) is 2.54. The van der Waals surface area contributed by atoms with Crippen molar-refractivity contribution in [3.8, 4) is 0 Å². The molecule has 1 aromatic rings. The average molecular weight is 336 g/mol. The smallest absolute Gasteiger partial charge is 0.306 e. The maximum Gasteiger partial charge on any atom is 0.306 e. The monoisotopic (exact) mass is 336 g/mol. The number of halogens is 1. The van der Waals surface area contributed by atoms with Crippen molar-refractivity contribution in [2.45, 2.75) is 19.3 Å². The van der Waals surface area contributed by atoms with E-state index < -0.39 is 17.7 Å². The maximum absolute atomic E-state index is 13.1. The predicted molar refractivity (Wildman–Crippen MR) is 84.7 cm³/mol. The number of carboxylic acid groups (broad SMARTS) is 1. The van der Waals surface area contributed by atoms with Crippen molar-refractivity contribution >= 4 is 17.8 Å². The first-order chi connectivity index (χ1) is 11.4. The molecule has 1 aliphatic rings. The number of piperidine rings is 1. The van der Waals surface area contributed by atoms with Crippen LogP contribution in [-0.4, -0.2) is 59.4 Å². The van der Waals surface area contributed by atoms with Gasteiger partial charge in [0.2, 0.25) is 11.8 Å². The number of nitrogens with zero attached hydrogens (tertiary/aromatic N) is 2. The van der Waals surface area contributed by atoms with Gasteiger partial charge in [0.05, 0.1) is 18.9 Å². The van der Waals surface area contributed by atoms with Gasteiger partial charge in [-0.1, -0.05) is 12.1 Å². The lowest BCUT2D eigenvalue weighted by atomic mass is 9.97. The van der Waals surface area contributed by atoms with Gasteiger partial charge in [0.25, 0.3) is 0 Å². The van der Waals surface area contributed by atoms with E-state index in [1.165, 1.54) is 30.1 Å². The van der Waals surface area contributed by atoms with Gasteiger partial charge in [0.1, 0.15) is 5.82 Å². The molecule has 0 radical (unpaired) electrons. The van der Waals surface area contributed by atoms with E-state index in [0.717, 1.165) is 0 Å². The highest BCUT2D eigenvalue weighted by Crippen LogP contribution is 2.17. The molecule has 0 aliphatic carbocycles. The van der Waals surface area contributed by atoms with Crippen LogP contribution in [0.25, 0.3) is 0 Å². The van der Waals surface area contributed by atoms with E-state index in [1.54, 1.807) is 11.0 Å². The highest BCUT2D eigenvalue weighted by atomic mass is 19.1. The van der Waals surface area contributed by atoms with Gasteiger partial charge in [0, 0.05) is 20.1 Å². The number of hydrogen-bond acceptors (Lipinski definition) is 3. The molecule has 7 heteroatoms. The molecule has 1 heterocycles. The molecular formula is C17H21FN2O4. The molecule has 0 saturated carbocycles. The molecule has 0 bridgehead atoms. The Bertz CT molecular complexity index is 627. The summed E-state index contributed by atoms with van der Waals surface area (Å²) in [5, 5.41) is 8.96. The molecule has 24 heavy (non-hydrogen) atoms. The summed E-state index contributed by atoms with van der Waals surface area (Å²) < 4.78 is 13.1. The van der Waals surface area contributed by atoms with Crippen molar-refractivity contribution in [2.75, 3.05) is 26.7 Å². The Morgan fingerprint density at radius 2 is 1.96 bits per heavy atom. The minimum Gasteiger partial charge on any atom is -0.481 e. The number of likely N-dealkylation sites (tertiary alicyclic amines) is 1. The van der Waals surface area contributed by atoms with Crippen LogP contribution < -0.4 is 0 Å². The Balaban J connectivity index is 1.83. The van der Waals surface area contributed by atoms with Crippen LogP contribution >= 0.6 is 0 Å². The minimum absolute atomic E-state index is 0.0304. The highest BCUT2D eigenvalue weighted by molar-refractivity contribution is 5.85. The number of amides is 2. The van der Waals surface area contributed by atoms with Crippen LogP contribution in [-0.2, 0) is 20.8 Å². The summed E-state index contributed by atoms with van der Waals surface area (Å²) in [5.41, 5.74) is 0.557. The summed E-state index contributed by atoms with van der Waals surface area (Å²) in [6, 6.07) is 5.80. The normalized spacial score (nSPS) is 15.2. The Hall–Kier alpha value is -2.44. The third-order valence-corrected chi connectivity index (χ3v) is 4.24. The Morgan fingerprint density at radius 3 is 2.54 bits per heavy atom. The molecule has 130 valence electrons. The molecule has 1 aliphatic heterocycles. The second-order valence-corrected chi connectivity index (χ2v) is 6.05. The predicted octanol–water partition coefficient (Wildman–Crippen LogP) is 1.15. The van der Waals surface area contributed by atoms with E-state index in [9.17, 15) is 18.8 Å². The number of likely N-dealkylation sites (N-methyl/N-ethyl adjacent to an activating group) is 1. The van der Waals surface area contributed by atoms with Crippen LogP contribution in [0, 0.1) is 11.7 Å². The van der Waals surface area contributed by atoms with Gasteiger partial charge < -0.3 is 14.9 Å². The van der Waals surface area contributed by atoms with Crippen molar-refractivity contribution in [1.82, 2.24) is 9.80 Å². The van der Waals surface area contributed by atoms with Crippen LogP contribution in [0.2, 0.25) is 0 Å². The lowest BCUT2D eigenvalue weighted by Crippen LogP contribution is -2.45. The van der Waals surface area contributed by atoms with E-state index in [0.29, 0.717) is 31.5 Å². The van der Waals surface area contributed by atoms with E-state index in [4.69, 9.17) is 5.11 Å². The fourth-order valence-electron chi connectivity index (χ4n) is 2.72. The fourth-order valence-corrected chi connectivity index (χ4v) is 2.72. The van der Waals surface area contributed by atoms with Crippen LogP contribution in [0.1, 0.15) is 18.4 Å². The number of rotatable bonds is 5. The molecule has 0 unspecified atom stereocenters. The lowest BCUT2D eigenvalue weighted by molar-refractivity contribution is -0.146. The zero-order chi connectivity index (χ0) is 17.7. The first kappa shape index (κ1) is 17.9. The number of aliphatic carboxylic acids is 1. The zero-order valence-electron chi connectivity index (χ0n) is 13.6. The van der Waals surface area contributed by atoms with Crippen LogP contribution in [0.3, 0.4) is 0 Å². The first-order valence-electron chi connectivity index (χ1n) is 7.86. The molecule has 0 atom stereocenters. The van der Waals surface area contributed by atoms with E-state index >= 15 is 0 Å². The summed E-state index contributed by atoms with van der Waals surface area (Å²) in [7, 11) is 1.53. The molecule has 1 N–H and O–H groups in total. The van der Waals surface area contributed by atoms with Gasteiger partial charge in [-0.25, -0.2) is 4.39 Å². The largest absolute Gasteiger partial charge is 0.481 e. The number of carboxylic acids is 1. The van der Waals surface area contributed by atoms with Crippen molar-refractivity contribution in [2.24, 2.45) is 5.92 Å². The quantitative estimate of drug-likeness (QED) is 0.875. The van der Waals surface area contributed by atoms with E-state index in [1.807, 2.05) is 0 Å². The molecule has 2 rings (SSSR count). The van der Waals surface area contributed by atoms with Gasteiger partial charge in [0.15, 0.2) is 0 Å². The fraction of sp³-hybridized carbons (Fsp3) is 0.471. The molecule has 1 saturated heterocycles. The standard InChI is InChI=1S/C17H21FN2O4/c1-19(15(21)10-12-3-2-4-14(18)9-12)11-16(22)20-7-5-13(6-8-20)17(23)24/h2-4,9,13H,5-8,10-11H2,1H3,(H,23,24). The third-order valence-electron chi connectivity index (χ3n) is 4.24.